The maximum Gasteiger partial charge on any atom is 0.420 e. The Morgan fingerprint density at radius 2 is 1.06 bits per heavy atom. The Labute approximate surface area is 207 Å². The molecule has 1 saturated heterocycles. The summed E-state index contributed by atoms with van der Waals surface area (Å²) >= 11 is 0. The topological polar surface area (TPSA) is 129 Å². The van der Waals surface area contributed by atoms with E-state index in [0.717, 1.165) is 0 Å². The van der Waals surface area contributed by atoms with Gasteiger partial charge in [0.1, 0.15) is 34.5 Å². The molecule has 4 amide bonds. The highest BCUT2D eigenvalue weighted by atomic mass is 16.6. The highest BCUT2D eigenvalue weighted by Crippen LogP contribution is 2.30. The van der Waals surface area contributed by atoms with Crippen LogP contribution in [0.5, 0.6) is 0 Å². The third-order valence-electron chi connectivity index (χ3n) is 4.04. The standard InChI is InChI=1S/C24H40N2O9/c1-21(2,3)32-17(28)15-13-14(16(27)25(15)18(29)33-22(4,5)6)26(19(30)34-23(7,8)9)20(31)35-24(10,11)12/h14-15H,13H2,1-12H3/t14-,15-/m0/s1. The van der Waals surface area contributed by atoms with Crippen LogP contribution in [0.1, 0.15) is 89.5 Å². The maximum absolute atomic E-state index is 13.5. The van der Waals surface area contributed by atoms with Gasteiger partial charge in [0.25, 0.3) is 5.91 Å². The molecule has 0 unspecified atom stereocenters. The van der Waals surface area contributed by atoms with E-state index >= 15 is 0 Å². The van der Waals surface area contributed by atoms with Gasteiger partial charge in [0.15, 0.2) is 0 Å². The molecule has 2 atom stereocenters. The molecule has 0 aliphatic carbocycles. The molecular formula is C24H40N2O9. The van der Waals surface area contributed by atoms with E-state index in [1.807, 2.05) is 0 Å². The van der Waals surface area contributed by atoms with Crippen molar-refractivity contribution in [2.24, 2.45) is 0 Å². The summed E-state index contributed by atoms with van der Waals surface area (Å²) in [7, 11) is 0. The van der Waals surface area contributed by atoms with Crippen LogP contribution in [0, 0.1) is 0 Å². The number of ether oxygens (including phenoxy) is 4. The van der Waals surface area contributed by atoms with Crippen LogP contribution in [0.15, 0.2) is 0 Å². The van der Waals surface area contributed by atoms with Gasteiger partial charge in [-0.2, -0.15) is 4.90 Å². The fourth-order valence-corrected chi connectivity index (χ4v) is 3.00. The van der Waals surface area contributed by atoms with Crippen LogP contribution in [0.3, 0.4) is 0 Å². The summed E-state index contributed by atoms with van der Waals surface area (Å²) in [5.41, 5.74) is -3.92. The molecule has 0 saturated carbocycles. The smallest absolute Gasteiger partial charge is 0.420 e. The van der Waals surface area contributed by atoms with Crippen molar-refractivity contribution in [1.29, 1.82) is 0 Å². The predicted molar refractivity (Wildman–Crippen MR) is 125 cm³/mol. The minimum atomic E-state index is -1.57. The zero-order chi connectivity index (χ0) is 27.7. The first kappa shape index (κ1) is 30.2. The number of hydrogen-bond acceptors (Lipinski definition) is 9. The summed E-state index contributed by atoms with van der Waals surface area (Å²) in [5, 5.41) is 0. The normalized spacial score (nSPS) is 19.2. The molecule has 35 heavy (non-hydrogen) atoms. The maximum atomic E-state index is 13.5. The van der Waals surface area contributed by atoms with Crippen LogP contribution in [-0.2, 0) is 28.5 Å². The highest BCUT2D eigenvalue weighted by molar-refractivity contribution is 6.05. The SMILES string of the molecule is CC(C)(C)OC(=O)[C@@H]1C[C@H](N(C(=O)OC(C)(C)C)C(=O)OC(C)(C)C)C(=O)N1C(=O)OC(C)(C)C. The van der Waals surface area contributed by atoms with Gasteiger partial charge in [-0.15, -0.1) is 0 Å². The number of hydrogen-bond donors (Lipinski definition) is 0. The van der Waals surface area contributed by atoms with Gasteiger partial charge in [0.05, 0.1) is 0 Å². The molecule has 0 aromatic heterocycles. The predicted octanol–water partition coefficient (Wildman–Crippen LogP) is 4.40. The second-order valence-corrected chi connectivity index (χ2v) is 12.3. The van der Waals surface area contributed by atoms with Crippen LogP contribution in [0.25, 0.3) is 0 Å². The monoisotopic (exact) mass is 500 g/mol. The van der Waals surface area contributed by atoms with Crippen molar-refractivity contribution in [3.8, 4) is 0 Å². The Kier molecular flexibility index (Phi) is 8.64. The summed E-state index contributed by atoms with van der Waals surface area (Å²) in [6, 6.07) is -3.00. The van der Waals surface area contributed by atoms with E-state index in [2.05, 4.69) is 0 Å². The van der Waals surface area contributed by atoms with Crippen molar-refractivity contribution >= 4 is 30.2 Å². The van der Waals surface area contributed by atoms with Crippen molar-refractivity contribution in [2.45, 2.75) is 124 Å². The number of nitrogens with zero attached hydrogens (tertiary/aromatic N) is 2. The van der Waals surface area contributed by atoms with Crippen molar-refractivity contribution in [1.82, 2.24) is 9.80 Å². The number of carbonyl (C=O) groups is 5. The van der Waals surface area contributed by atoms with Gasteiger partial charge in [-0.05, 0) is 83.1 Å². The molecule has 11 nitrogen and oxygen atoms in total. The van der Waals surface area contributed by atoms with Gasteiger partial charge in [-0.3, -0.25) is 4.79 Å². The van der Waals surface area contributed by atoms with E-state index in [1.54, 1.807) is 83.1 Å². The van der Waals surface area contributed by atoms with E-state index < -0.39 is 71.1 Å². The van der Waals surface area contributed by atoms with Gasteiger partial charge >= 0.3 is 24.2 Å². The van der Waals surface area contributed by atoms with E-state index in [0.29, 0.717) is 9.80 Å². The van der Waals surface area contributed by atoms with Crippen LogP contribution in [-0.4, -0.2) is 74.4 Å². The van der Waals surface area contributed by atoms with E-state index in [4.69, 9.17) is 18.9 Å². The molecule has 1 heterocycles. The Bertz CT molecular complexity index is 826. The number of rotatable bonds is 2. The zero-order valence-electron chi connectivity index (χ0n) is 22.9. The van der Waals surface area contributed by atoms with Crippen LogP contribution < -0.4 is 0 Å². The fourth-order valence-electron chi connectivity index (χ4n) is 3.00. The van der Waals surface area contributed by atoms with Gasteiger partial charge in [0.2, 0.25) is 0 Å². The summed E-state index contributed by atoms with van der Waals surface area (Å²) < 4.78 is 21.4. The lowest BCUT2D eigenvalue weighted by Gasteiger charge is -2.31. The number of carbonyl (C=O) groups excluding carboxylic acids is 5. The first-order valence-corrected chi connectivity index (χ1v) is 11.5. The number of imide groups is 2. The molecule has 0 aromatic carbocycles. The van der Waals surface area contributed by atoms with E-state index in [1.165, 1.54) is 0 Å². The van der Waals surface area contributed by atoms with Crippen LogP contribution >= 0.6 is 0 Å². The number of amides is 4. The quantitative estimate of drug-likeness (QED) is 0.400. The first-order chi connectivity index (χ1) is 15.4. The molecule has 1 rings (SSSR count). The van der Waals surface area contributed by atoms with Crippen LogP contribution in [0.4, 0.5) is 14.4 Å². The summed E-state index contributed by atoms with van der Waals surface area (Å²) in [5.74, 6) is -1.88. The molecular weight excluding hydrogens is 460 g/mol. The minimum Gasteiger partial charge on any atom is -0.458 e. The molecule has 1 aliphatic heterocycles. The molecule has 0 aromatic rings. The molecule has 0 spiro atoms. The average Bonchev–Trinajstić information content (AvgIpc) is 2.86. The lowest BCUT2D eigenvalue weighted by Crippen LogP contribution is -2.52. The average molecular weight is 501 g/mol. The molecule has 200 valence electrons. The molecule has 0 radical (unpaired) electrons. The molecule has 0 bridgehead atoms. The third kappa shape index (κ3) is 9.37. The Morgan fingerprint density at radius 1 is 0.686 bits per heavy atom. The minimum absolute atomic E-state index is 0.411. The Morgan fingerprint density at radius 3 is 1.40 bits per heavy atom. The molecule has 0 N–H and O–H groups in total. The lowest BCUT2D eigenvalue weighted by molar-refractivity contribution is -0.161. The largest absolute Gasteiger partial charge is 0.458 e. The second kappa shape index (κ2) is 10.0. The summed E-state index contributed by atoms with van der Waals surface area (Å²) in [6.45, 7) is 19.2. The van der Waals surface area contributed by atoms with Crippen LogP contribution in [0.2, 0.25) is 0 Å². The van der Waals surface area contributed by atoms with Crippen molar-refractivity contribution in [2.75, 3.05) is 0 Å². The second-order valence-electron chi connectivity index (χ2n) is 12.3. The first-order valence-electron chi connectivity index (χ1n) is 11.5. The fraction of sp³-hybridized carbons (Fsp3) is 0.792. The van der Waals surface area contributed by atoms with Gasteiger partial charge < -0.3 is 18.9 Å². The molecule has 11 heteroatoms. The number of esters is 1. The lowest BCUT2D eigenvalue weighted by atomic mass is 10.1. The summed E-state index contributed by atoms with van der Waals surface area (Å²) in [4.78, 5) is 66.5. The Hall–Kier alpha value is -2.85. The van der Waals surface area contributed by atoms with Gasteiger partial charge in [0, 0.05) is 6.42 Å². The number of likely N-dealkylation sites (tertiary alicyclic amines) is 1. The zero-order valence-corrected chi connectivity index (χ0v) is 22.9. The third-order valence-corrected chi connectivity index (χ3v) is 4.04. The van der Waals surface area contributed by atoms with Crippen molar-refractivity contribution in [3.05, 3.63) is 0 Å². The van der Waals surface area contributed by atoms with E-state index in [9.17, 15) is 24.0 Å². The molecule has 1 fully saturated rings. The van der Waals surface area contributed by atoms with Gasteiger partial charge in [-0.25, -0.2) is 24.1 Å². The summed E-state index contributed by atoms with van der Waals surface area (Å²) in [6.07, 6.45) is -3.82. The Balaban J connectivity index is 3.52. The highest BCUT2D eigenvalue weighted by Gasteiger charge is 2.55. The molecule has 1 aliphatic rings. The van der Waals surface area contributed by atoms with E-state index in [-0.39, 0.29) is 0 Å². The van der Waals surface area contributed by atoms with Crippen molar-refractivity contribution < 1.29 is 42.9 Å². The van der Waals surface area contributed by atoms with Gasteiger partial charge in [-0.1, -0.05) is 0 Å². The van der Waals surface area contributed by atoms with Crippen molar-refractivity contribution in [3.63, 3.8) is 0 Å².